The Kier molecular flexibility index (Phi) is 3.19. The number of aromatic nitrogens is 2. The predicted molar refractivity (Wildman–Crippen MR) is 105 cm³/mol. The fraction of sp³-hybridized carbons (Fsp3) is 0.0526. The number of anilines is 4. The summed E-state index contributed by atoms with van der Waals surface area (Å²) < 4.78 is 34.5. The van der Waals surface area contributed by atoms with Crippen LogP contribution < -0.4 is 10.6 Å². The van der Waals surface area contributed by atoms with Gasteiger partial charge in [-0.15, -0.1) is 0 Å². The van der Waals surface area contributed by atoms with Gasteiger partial charge in [-0.2, -0.15) is 8.42 Å². The van der Waals surface area contributed by atoms with Crippen LogP contribution in [0.1, 0.15) is 5.56 Å². The van der Waals surface area contributed by atoms with Crippen molar-refractivity contribution in [3.63, 3.8) is 0 Å². The van der Waals surface area contributed by atoms with Crippen LogP contribution in [-0.2, 0) is 10.1 Å². The number of rotatable bonds is 1. The predicted octanol–water partition coefficient (Wildman–Crippen LogP) is 4.14. The van der Waals surface area contributed by atoms with Crippen LogP contribution in [0.25, 0.3) is 22.1 Å². The smallest absolute Gasteiger partial charge is 0.298 e. The first kappa shape index (κ1) is 16.0. The zero-order chi connectivity index (χ0) is 18.8. The molecule has 3 N–H and O–H groups in total. The van der Waals surface area contributed by atoms with Gasteiger partial charge in [0.2, 0.25) is 0 Å². The molecule has 134 valence electrons. The summed E-state index contributed by atoms with van der Waals surface area (Å²) in [5, 5.41) is 6.29. The van der Waals surface area contributed by atoms with Gasteiger partial charge >= 0.3 is 0 Å². The molecule has 5 rings (SSSR count). The minimum Gasteiger partial charge on any atom is -0.352 e. The minimum atomic E-state index is -4.56. The summed E-state index contributed by atoms with van der Waals surface area (Å²) in [6, 6.07) is 14.7. The first-order chi connectivity index (χ1) is 12.9. The molecule has 0 atom stereocenters. The SMILES string of the molecule is Cc1ccc2nc3cc4c(c(S(=O)(=O)O)c3nc2c1)Nc1ccccc1N4. The Balaban J connectivity index is 1.90. The van der Waals surface area contributed by atoms with Crippen LogP contribution in [0.4, 0.5) is 22.7 Å². The van der Waals surface area contributed by atoms with Gasteiger partial charge in [-0.1, -0.05) is 18.2 Å². The van der Waals surface area contributed by atoms with E-state index in [0.29, 0.717) is 27.9 Å². The van der Waals surface area contributed by atoms with E-state index in [1.807, 2.05) is 49.4 Å². The zero-order valence-electron chi connectivity index (χ0n) is 14.2. The van der Waals surface area contributed by atoms with Crippen molar-refractivity contribution in [2.75, 3.05) is 10.6 Å². The monoisotopic (exact) mass is 378 g/mol. The molecular weight excluding hydrogens is 364 g/mol. The second kappa shape index (κ2) is 5.38. The minimum absolute atomic E-state index is 0.128. The van der Waals surface area contributed by atoms with E-state index in [1.165, 1.54) is 0 Å². The van der Waals surface area contributed by atoms with Gasteiger partial charge in [0, 0.05) is 0 Å². The molecule has 7 nitrogen and oxygen atoms in total. The van der Waals surface area contributed by atoms with E-state index in [9.17, 15) is 13.0 Å². The standard InChI is InChI=1S/C19H14N4O3S/c1-10-6-7-13-14(8-10)23-18-16(21-13)9-15-17(19(18)27(24,25)26)22-12-5-3-2-4-11(12)20-15/h2-9,20,22H,1H3,(H,24,25,26). The summed E-state index contributed by atoms with van der Waals surface area (Å²) in [7, 11) is -4.56. The second-order valence-corrected chi connectivity index (χ2v) is 7.84. The third-order valence-corrected chi connectivity index (χ3v) is 5.47. The summed E-state index contributed by atoms with van der Waals surface area (Å²) in [6.45, 7) is 1.92. The average molecular weight is 378 g/mol. The molecule has 0 radical (unpaired) electrons. The van der Waals surface area contributed by atoms with E-state index in [2.05, 4.69) is 20.6 Å². The van der Waals surface area contributed by atoms with Gasteiger partial charge in [0.15, 0.2) is 0 Å². The first-order valence-electron chi connectivity index (χ1n) is 8.26. The van der Waals surface area contributed by atoms with E-state index < -0.39 is 10.1 Å². The number of nitrogens with one attached hydrogen (secondary N) is 2. The Bertz CT molecular complexity index is 1370. The van der Waals surface area contributed by atoms with Gasteiger partial charge in [0.05, 0.1) is 39.3 Å². The molecule has 1 aliphatic rings. The molecule has 0 bridgehead atoms. The lowest BCUT2D eigenvalue weighted by Crippen LogP contribution is -2.12. The van der Waals surface area contributed by atoms with Crippen LogP contribution in [-0.4, -0.2) is 22.9 Å². The fourth-order valence-corrected chi connectivity index (χ4v) is 4.16. The van der Waals surface area contributed by atoms with Crippen molar-refractivity contribution in [2.45, 2.75) is 11.8 Å². The van der Waals surface area contributed by atoms with E-state index in [1.54, 1.807) is 6.07 Å². The van der Waals surface area contributed by atoms with Crippen molar-refractivity contribution in [1.82, 2.24) is 9.97 Å². The Morgan fingerprint density at radius 2 is 1.59 bits per heavy atom. The van der Waals surface area contributed by atoms with Crippen LogP contribution in [0.15, 0.2) is 53.4 Å². The molecule has 0 unspecified atom stereocenters. The molecule has 0 saturated heterocycles. The quantitative estimate of drug-likeness (QED) is 0.297. The van der Waals surface area contributed by atoms with E-state index in [-0.39, 0.29) is 16.1 Å². The van der Waals surface area contributed by atoms with Gasteiger partial charge < -0.3 is 10.6 Å². The molecule has 0 aliphatic carbocycles. The molecule has 3 aromatic carbocycles. The van der Waals surface area contributed by atoms with Crippen molar-refractivity contribution in [3.05, 3.63) is 54.1 Å². The van der Waals surface area contributed by atoms with E-state index >= 15 is 0 Å². The van der Waals surface area contributed by atoms with Gasteiger partial charge in [0.25, 0.3) is 10.1 Å². The highest BCUT2D eigenvalue weighted by Crippen LogP contribution is 2.44. The Morgan fingerprint density at radius 1 is 0.852 bits per heavy atom. The number of hydrogen-bond acceptors (Lipinski definition) is 6. The summed E-state index contributed by atoms with van der Waals surface area (Å²) in [5.41, 5.74) is 4.98. The third kappa shape index (κ3) is 2.49. The third-order valence-electron chi connectivity index (χ3n) is 4.55. The fourth-order valence-electron chi connectivity index (χ4n) is 3.35. The number of benzene rings is 3. The summed E-state index contributed by atoms with van der Waals surface area (Å²) in [6.07, 6.45) is 0. The molecule has 0 spiro atoms. The largest absolute Gasteiger partial charge is 0.352 e. The zero-order valence-corrected chi connectivity index (χ0v) is 15.0. The Labute approximate surface area is 154 Å². The van der Waals surface area contributed by atoms with Gasteiger partial charge in [-0.3, -0.25) is 4.55 Å². The highest BCUT2D eigenvalue weighted by Gasteiger charge is 2.28. The molecule has 8 heteroatoms. The van der Waals surface area contributed by atoms with Crippen LogP contribution in [0.2, 0.25) is 0 Å². The molecule has 0 amide bonds. The van der Waals surface area contributed by atoms with Crippen molar-refractivity contribution < 1.29 is 13.0 Å². The molecule has 4 aromatic rings. The van der Waals surface area contributed by atoms with Crippen molar-refractivity contribution in [2.24, 2.45) is 0 Å². The lowest BCUT2D eigenvalue weighted by molar-refractivity contribution is 0.484. The molecule has 0 saturated carbocycles. The van der Waals surface area contributed by atoms with E-state index in [0.717, 1.165) is 11.3 Å². The first-order valence-corrected chi connectivity index (χ1v) is 9.70. The van der Waals surface area contributed by atoms with Gasteiger partial charge in [-0.25, -0.2) is 9.97 Å². The topological polar surface area (TPSA) is 104 Å². The normalized spacial score (nSPS) is 13.0. The molecule has 0 fully saturated rings. The summed E-state index contributed by atoms with van der Waals surface area (Å²) >= 11 is 0. The molecule has 27 heavy (non-hydrogen) atoms. The molecule has 1 aromatic heterocycles. The molecular formula is C19H14N4O3S. The number of hydrogen-bond donors (Lipinski definition) is 3. The summed E-state index contributed by atoms with van der Waals surface area (Å²) in [4.78, 5) is 8.77. The lowest BCUT2D eigenvalue weighted by atomic mass is 10.1. The maximum atomic E-state index is 12.3. The van der Waals surface area contributed by atoms with Crippen LogP contribution in [0.5, 0.6) is 0 Å². The summed E-state index contributed by atoms with van der Waals surface area (Å²) in [5.74, 6) is 0. The Morgan fingerprint density at radius 3 is 2.33 bits per heavy atom. The van der Waals surface area contributed by atoms with Gasteiger partial charge in [0.1, 0.15) is 10.4 Å². The van der Waals surface area contributed by atoms with E-state index in [4.69, 9.17) is 0 Å². The van der Waals surface area contributed by atoms with Crippen LogP contribution >= 0.6 is 0 Å². The van der Waals surface area contributed by atoms with Crippen molar-refractivity contribution >= 4 is 54.9 Å². The lowest BCUT2D eigenvalue weighted by Gasteiger charge is -2.25. The van der Waals surface area contributed by atoms with Crippen LogP contribution in [0.3, 0.4) is 0 Å². The average Bonchev–Trinajstić information content (AvgIpc) is 2.62. The highest BCUT2D eigenvalue weighted by atomic mass is 32.2. The molecule has 2 heterocycles. The maximum absolute atomic E-state index is 12.3. The Hall–Kier alpha value is -3.23. The number of nitrogens with zero attached hydrogens (tertiary/aromatic N) is 2. The van der Waals surface area contributed by atoms with Gasteiger partial charge in [-0.05, 0) is 42.8 Å². The number of fused-ring (bicyclic) bond motifs is 4. The van der Waals surface area contributed by atoms with Crippen molar-refractivity contribution in [3.8, 4) is 0 Å². The second-order valence-electron chi connectivity index (χ2n) is 6.48. The van der Waals surface area contributed by atoms with Crippen LogP contribution in [0, 0.1) is 6.92 Å². The maximum Gasteiger partial charge on any atom is 0.298 e. The molecule has 1 aliphatic heterocycles. The number of aryl methyl sites for hydroxylation is 1. The number of para-hydroxylation sites is 2. The highest BCUT2D eigenvalue weighted by molar-refractivity contribution is 7.86. The van der Waals surface area contributed by atoms with Crippen molar-refractivity contribution in [1.29, 1.82) is 0 Å².